The number of alkyl halides is 3. The Morgan fingerprint density at radius 1 is 1.47 bits per heavy atom. The molecule has 1 heterocycles. The maximum atomic E-state index is 12.2. The largest absolute Gasteiger partial charge is 0.406 e. The summed E-state index contributed by atoms with van der Waals surface area (Å²) in [7, 11) is 2.42. The van der Waals surface area contributed by atoms with Gasteiger partial charge in [0.1, 0.15) is 12.6 Å². The van der Waals surface area contributed by atoms with Crippen LogP contribution in [0.5, 0.6) is 0 Å². The highest BCUT2D eigenvalue weighted by atomic mass is 19.4. The number of carbonyl (C=O) groups is 2. The molecule has 0 radical (unpaired) electrons. The first-order chi connectivity index (χ1) is 8.65. The Labute approximate surface area is 108 Å². The Bertz CT molecular complexity index is 362. The number of ether oxygens (including phenoxy) is 1. The van der Waals surface area contributed by atoms with E-state index in [1.165, 1.54) is 7.11 Å². The number of rotatable bonds is 3. The van der Waals surface area contributed by atoms with Crippen LogP contribution in [0.4, 0.5) is 18.0 Å². The SMILES string of the molecule is CO[C@H]1C[C@@H](C(N)=O)N(C(=O)N(C)CC(F)(F)F)C1. The van der Waals surface area contributed by atoms with E-state index < -0.39 is 36.8 Å². The number of carbonyl (C=O) groups excluding carboxylic acids is 2. The molecule has 0 aromatic carbocycles. The molecule has 1 saturated heterocycles. The zero-order valence-corrected chi connectivity index (χ0v) is 10.6. The summed E-state index contributed by atoms with van der Waals surface area (Å²) in [5.41, 5.74) is 5.14. The number of hydrogen-bond acceptors (Lipinski definition) is 3. The minimum absolute atomic E-state index is 0.0468. The van der Waals surface area contributed by atoms with E-state index in [2.05, 4.69) is 0 Å². The molecule has 1 fully saturated rings. The molecule has 0 aromatic heterocycles. The number of urea groups is 1. The highest BCUT2D eigenvalue weighted by molar-refractivity contribution is 5.86. The van der Waals surface area contributed by atoms with E-state index in [0.29, 0.717) is 4.90 Å². The van der Waals surface area contributed by atoms with E-state index in [1.54, 1.807) is 0 Å². The number of amides is 3. The first kappa shape index (κ1) is 15.5. The average molecular weight is 283 g/mol. The first-order valence-corrected chi connectivity index (χ1v) is 5.56. The second-order valence-corrected chi connectivity index (χ2v) is 4.42. The van der Waals surface area contributed by atoms with Gasteiger partial charge < -0.3 is 20.3 Å². The summed E-state index contributed by atoms with van der Waals surface area (Å²) in [6.07, 6.45) is -4.70. The summed E-state index contributed by atoms with van der Waals surface area (Å²) in [4.78, 5) is 24.6. The fraction of sp³-hybridized carbons (Fsp3) is 0.800. The lowest BCUT2D eigenvalue weighted by Crippen LogP contribution is -2.50. The summed E-state index contributed by atoms with van der Waals surface area (Å²) in [6.45, 7) is -1.34. The summed E-state index contributed by atoms with van der Waals surface area (Å²) < 4.78 is 41.7. The highest BCUT2D eigenvalue weighted by Crippen LogP contribution is 2.23. The van der Waals surface area contributed by atoms with Crippen molar-refractivity contribution in [1.82, 2.24) is 9.80 Å². The Morgan fingerprint density at radius 3 is 2.47 bits per heavy atom. The average Bonchev–Trinajstić information content (AvgIpc) is 2.69. The molecule has 19 heavy (non-hydrogen) atoms. The van der Waals surface area contributed by atoms with Crippen LogP contribution in [0.2, 0.25) is 0 Å². The molecule has 9 heteroatoms. The smallest absolute Gasteiger partial charge is 0.380 e. The monoisotopic (exact) mass is 283 g/mol. The van der Waals surface area contributed by atoms with Gasteiger partial charge in [0.2, 0.25) is 5.91 Å². The third-order valence-corrected chi connectivity index (χ3v) is 2.91. The third-order valence-electron chi connectivity index (χ3n) is 2.91. The molecule has 0 aromatic rings. The van der Waals surface area contributed by atoms with Gasteiger partial charge in [0.15, 0.2) is 0 Å². The molecule has 0 saturated carbocycles. The van der Waals surface area contributed by atoms with Crippen molar-refractivity contribution in [2.75, 3.05) is 27.2 Å². The topological polar surface area (TPSA) is 75.9 Å². The van der Waals surface area contributed by atoms with Crippen molar-refractivity contribution < 1.29 is 27.5 Å². The standard InChI is InChI=1S/C10H16F3N3O3/c1-15(5-10(11,12)13)9(18)16-4-6(19-2)3-7(16)8(14)17/h6-7H,3-5H2,1-2H3,(H2,14,17)/t6-,7-/m0/s1. The Hall–Kier alpha value is -1.51. The van der Waals surface area contributed by atoms with Gasteiger partial charge in [0.25, 0.3) is 0 Å². The van der Waals surface area contributed by atoms with Crippen molar-refractivity contribution in [2.24, 2.45) is 5.73 Å². The number of likely N-dealkylation sites (tertiary alicyclic amines) is 1. The zero-order chi connectivity index (χ0) is 14.8. The van der Waals surface area contributed by atoms with Crippen LogP contribution in [0.15, 0.2) is 0 Å². The van der Waals surface area contributed by atoms with Crippen LogP contribution in [0.1, 0.15) is 6.42 Å². The Kier molecular flexibility index (Phi) is 4.61. The molecule has 0 unspecified atom stereocenters. The quantitative estimate of drug-likeness (QED) is 0.802. The van der Waals surface area contributed by atoms with Crippen LogP contribution in [-0.2, 0) is 9.53 Å². The Balaban J connectivity index is 2.76. The molecule has 0 aliphatic carbocycles. The van der Waals surface area contributed by atoms with Crippen molar-refractivity contribution >= 4 is 11.9 Å². The van der Waals surface area contributed by atoms with Gasteiger partial charge in [-0.3, -0.25) is 4.79 Å². The molecule has 2 N–H and O–H groups in total. The van der Waals surface area contributed by atoms with E-state index in [4.69, 9.17) is 10.5 Å². The molecule has 0 spiro atoms. The third kappa shape index (κ3) is 3.98. The van der Waals surface area contributed by atoms with Crippen molar-refractivity contribution in [2.45, 2.75) is 24.7 Å². The maximum Gasteiger partial charge on any atom is 0.406 e. The van der Waals surface area contributed by atoms with E-state index in [0.717, 1.165) is 11.9 Å². The zero-order valence-electron chi connectivity index (χ0n) is 10.6. The fourth-order valence-corrected chi connectivity index (χ4v) is 2.01. The number of hydrogen-bond donors (Lipinski definition) is 1. The van der Waals surface area contributed by atoms with Gasteiger partial charge in [-0.25, -0.2) is 4.79 Å². The van der Waals surface area contributed by atoms with Crippen molar-refractivity contribution in [3.63, 3.8) is 0 Å². The van der Waals surface area contributed by atoms with Crippen molar-refractivity contribution in [1.29, 1.82) is 0 Å². The normalized spacial score (nSPS) is 23.5. The summed E-state index contributed by atoms with van der Waals surface area (Å²) >= 11 is 0. The van der Waals surface area contributed by atoms with Gasteiger partial charge in [0.05, 0.1) is 6.10 Å². The van der Waals surface area contributed by atoms with Gasteiger partial charge in [-0.2, -0.15) is 13.2 Å². The molecule has 110 valence electrons. The Morgan fingerprint density at radius 2 is 2.05 bits per heavy atom. The van der Waals surface area contributed by atoms with Gasteiger partial charge in [-0.15, -0.1) is 0 Å². The predicted octanol–water partition coefficient (Wildman–Crippen LogP) is 0.175. The van der Waals surface area contributed by atoms with Crippen molar-refractivity contribution in [3.8, 4) is 0 Å². The van der Waals surface area contributed by atoms with Crippen molar-refractivity contribution in [3.05, 3.63) is 0 Å². The molecular formula is C10H16F3N3O3. The molecule has 1 aliphatic heterocycles. The van der Waals surface area contributed by atoms with Crippen LogP contribution < -0.4 is 5.73 Å². The molecule has 0 bridgehead atoms. The minimum atomic E-state index is -4.49. The van der Waals surface area contributed by atoms with Gasteiger partial charge in [-0.05, 0) is 0 Å². The number of primary amides is 1. The van der Waals surface area contributed by atoms with E-state index >= 15 is 0 Å². The van der Waals surface area contributed by atoms with Gasteiger partial charge >= 0.3 is 12.2 Å². The maximum absolute atomic E-state index is 12.2. The molecular weight excluding hydrogens is 267 g/mol. The second kappa shape index (κ2) is 5.64. The van der Waals surface area contributed by atoms with Crippen LogP contribution in [-0.4, -0.2) is 67.3 Å². The molecule has 2 atom stereocenters. The predicted molar refractivity (Wildman–Crippen MR) is 59.2 cm³/mol. The summed E-state index contributed by atoms with van der Waals surface area (Å²) in [6, 6.07) is -1.83. The highest BCUT2D eigenvalue weighted by Gasteiger charge is 2.41. The minimum Gasteiger partial charge on any atom is -0.380 e. The molecule has 3 amide bonds. The van der Waals surface area contributed by atoms with E-state index in [-0.39, 0.29) is 13.0 Å². The van der Waals surface area contributed by atoms with E-state index in [1.807, 2.05) is 0 Å². The summed E-state index contributed by atoms with van der Waals surface area (Å²) in [5, 5.41) is 0. The first-order valence-electron chi connectivity index (χ1n) is 5.56. The number of nitrogens with two attached hydrogens (primary N) is 1. The number of methoxy groups -OCH3 is 1. The fourth-order valence-electron chi connectivity index (χ4n) is 2.01. The lowest BCUT2D eigenvalue weighted by Gasteiger charge is -2.28. The summed E-state index contributed by atoms with van der Waals surface area (Å²) in [5.74, 6) is -0.756. The second-order valence-electron chi connectivity index (χ2n) is 4.42. The molecule has 1 aliphatic rings. The van der Waals surface area contributed by atoms with Gasteiger partial charge in [0, 0.05) is 27.1 Å². The van der Waals surface area contributed by atoms with Crippen LogP contribution in [0, 0.1) is 0 Å². The number of nitrogens with zero attached hydrogens (tertiary/aromatic N) is 2. The van der Waals surface area contributed by atoms with E-state index in [9.17, 15) is 22.8 Å². The van der Waals surface area contributed by atoms with Crippen LogP contribution in [0.3, 0.4) is 0 Å². The lowest BCUT2D eigenvalue weighted by molar-refractivity contribution is -0.138. The number of halogens is 3. The van der Waals surface area contributed by atoms with Crippen LogP contribution in [0.25, 0.3) is 0 Å². The van der Waals surface area contributed by atoms with Crippen LogP contribution >= 0.6 is 0 Å². The molecule has 6 nitrogen and oxygen atoms in total. The van der Waals surface area contributed by atoms with Gasteiger partial charge in [-0.1, -0.05) is 0 Å². The molecule has 1 rings (SSSR count). The lowest BCUT2D eigenvalue weighted by atomic mass is 10.2.